The Balaban J connectivity index is 3.61. The third-order valence-corrected chi connectivity index (χ3v) is 1.43. The Labute approximate surface area is 78.6 Å². The summed E-state index contributed by atoms with van der Waals surface area (Å²) in [6, 6.07) is 0.923. The Morgan fingerprint density at radius 1 is 0.800 bits per heavy atom. The average Bonchev–Trinajstić information content (AvgIpc) is 2.15. The number of rotatable bonds is 1. The maximum absolute atomic E-state index is 12.6. The predicted molar refractivity (Wildman–Crippen MR) is 35.4 cm³/mol. The molecule has 0 aliphatic carbocycles. The summed E-state index contributed by atoms with van der Waals surface area (Å²) in [5, 5.41) is 0. The topological polar surface area (TPSA) is 0 Å². The summed E-state index contributed by atoms with van der Waals surface area (Å²) < 4.78 is 85.8. The van der Waals surface area contributed by atoms with E-state index in [2.05, 4.69) is 0 Å². The van der Waals surface area contributed by atoms with E-state index in [4.69, 9.17) is 0 Å². The molecule has 0 spiro atoms. The zero-order chi connectivity index (χ0) is 11.7. The maximum Gasteiger partial charge on any atom is 0.306 e. The highest BCUT2D eigenvalue weighted by Crippen LogP contribution is 2.29. The Kier molecular flexibility index (Phi) is 3.01. The van der Waals surface area contributed by atoms with Crippen LogP contribution in [0, 0.1) is 29.3 Å². The zero-order valence-electron chi connectivity index (χ0n) is 6.65. The molecule has 0 bridgehead atoms. The lowest BCUT2D eigenvalue weighted by atomic mass is 10.1. The van der Waals surface area contributed by atoms with Crippen LogP contribution < -0.4 is 0 Å². The molecule has 0 N–H and O–H groups in total. The van der Waals surface area contributed by atoms with Gasteiger partial charge in [-0.3, -0.25) is 0 Å². The van der Waals surface area contributed by atoms with E-state index >= 15 is 0 Å². The summed E-state index contributed by atoms with van der Waals surface area (Å²) in [6.07, 6.45) is -3.09. The van der Waals surface area contributed by atoms with Crippen molar-refractivity contribution in [3.05, 3.63) is 41.0 Å². The van der Waals surface area contributed by atoms with Gasteiger partial charge in [-0.1, -0.05) is 0 Å². The fourth-order valence-electron chi connectivity index (χ4n) is 0.809. The van der Waals surface area contributed by atoms with E-state index in [0.717, 1.165) is 6.07 Å². The van der Waals surface area contributed by atoms with Gasteiger partial charge in [-0.25, -0.2) is 22.0 Å². The van der Waals surface area contributed by atoms with Crippen molar-refractivity contribution in [1.82, 2.24) is 0 Å². The van der Waals surface area contributed by atoms with Crippen molar-refractivity contribution < 1.29 is 30.7 Å². The molecule has 0 heterocycles. The molecule has 1 aromatic rings. The number of benzene rings is 1. The summed E-state index contributed by atoms with van der Waals surface area (Å²) in [7, 11) is 0. The Bertz CT molecular complexity index is 405. The molecule has 1 rings (SSSR count). The van der Waals surface area contributed by atoms with Crippen molar-refractivity contribution in [3.63, 3.8) is 0 Å². The zero-order valence-corrected chi connectivity index (χ0v) is 6.65. The van der Waals surface area contributed by atoms with Crippen LogP contribution in [0.2, 0.25) is 0 Å². The highest BCUT2D eigenvalue weighted by Gasteiger charge is 2.25. The third kappa shape index (κ3) is 1.95. The molecule has 0 saturated heterocycles. The molecule has 0 saturated carbocycles. The van der Waals surface area contributed by atoms with Gasteiger partial charge in [0.15, 0.2) is 23.3 Å². The molecule has 0 fully saturated rings. The molecule has 0 amide bonds. The minimum absolute atomic E-state index is 0.923. The maximum atomic E-state index is 12.6. The molecular formula is C8F7. The Morgan fingerprint density at radius 2 is 1.20 bits per heavy atom. The predicted octanol–water partition coefficient (Wildman–Crippen LogP) is 3.58. The Morgan fingerprint density at radius 3 is 1.53 bits per heavy atom. The molecule has 0 atom stereocenters. The summed E-state index contributed by atoms with van der Waals surface area (Å²) in [4.78, 5) is 0. The normalized spacial score (nSPS) is 10.3. The second kappa shape index (κ2) is 3.92. The Hall–Kier alpha value is -1.53. The lowest BCUT2D eigenvalue weighted by Crippen LogP contribution is -2.01. The molecule has 15 heavy (non-hydrogen) atoms. The van der Waals surface area contributed by atoms with Crippen molar-refractivity contribution in [2.75, 3.05) is 0 Å². The minimum Gasteiger partial charge on any atom is -0.203 e. The molecule has 1 aromatic carbocycles. The van der Waals surface area contributed by atoms with Gasteiger partial charge in [0.2, 0.25) is 5.83 Å². The average molecular weight is 229 g/mol. The largest absolute Gasteiger partial charge is 0.306 e. The summed E-state index contributed by atoms with van der Waals surface area (Å²) in [5.41, 5.74) is -2.08. The van der Waals surface area contributed by atoms with Gasteiger partial charge in [0.05, 0.1) is 11.6 Å². The van der Waals surface area contributed by atoms with Crippen molar-refractivity contribution >= 4 is 5.83 Å². The van der Waals surface area contributed by atoms with E-state index in [1.54, 1.807) is 0 Å². The quantitative estimate of drug-likeness (QED) is 0.510. The first-order valence-corrected chi connectivity index (χ1v) is 3.32. The second-order valence-corrected chi connectivity index (χ2v) is 2.33. The van der Waals surface area contributed by atoms with E-state index in [-0.39, 0.29) is 0 Å². The highest BCUT2D eigenvalue weighted by atomic mass is 19.3. The molecular weight excluding hydrogens is 229 g/mol. The van der Waals surface area contributed by atoms with Crippen LogP contribution in [0.3, 0.4) is 0 Å². The van der Waals surface area contributed by atoms with Crippen molar-refractivity contribution in [3.8, 4) is 0 Å². The van der Waals surface area contributed by atoms with Crippen LogP contribution in [0.5, 0.6) is 0 Å². The summed E-state index contributed by atoms with van der Waals surface area (Å²) in [6.45, 7) is 0. The first-order chi connectivity index (χ1) is 6.86. The van der Waals surface area contributed by atoms with Crippen LogP contribution >= 0.6 is 0 Å². The number of halogens is 7. The first-order valence-electron chi connectivity index (χ1n) is 3.32. The number of hydrogen-bond donors (Lipinski definition) is 0. The smallest absolute Gasteiger partial charge is 0.203 e. The molecule has 81 valence electrons. The van der Waals surface area contributed by atoms with Crippen LogP contribution in [0.1, 0.15) is 5.56 Å². The molecule has 0 aromatic heterocycles. The van der Waals surface area contributed by atoms with Crippen LogP contribution in [0.4, 0.5) is 30.7 Å². The van der Waals surface area contributed by atoms with Gasteiger partial charge in [-0.15, -0.1) is 0 Å². The van der Waals surface area contributed by atoms with Crippen molar-refractivity contribution in [1.29, 1.82) is 0 Å². The molecule has 0 aliphatic rings. The lowest BCUT2D eigenvalue weighted by molar-refractivity contribution is 0.401. The van der Waals surface area contributed by atoms with E-state index in [1.807, 2.05) is 0 Å². The van der Waals surface area contributed by atoms with Crippen LogP contribution in [-0.2, 0) is 0 Å². The van der Waals surface area contributed by atoms with Gasteiger partial charge in [-0.05, 0) is 0 Å². The minimum atomic E-state index is -3.09. The van der Waals surface area contributed by atoms with Gasteiger partial charge in [0.25, 0.3) is 0 Å². The SMILES string of the molecule is FC(F)=C(F)c1c(F)c(F)[c]c(F)c1F. The van der Waals surface area contributed by atoms with E-state index in [0.29, 0.717) is 0 Å². The second-order valence-electron chi connectivity index (χ2n) is 2.33. The van der Waals surface area contributed by atoms with Gasteiger partial charge < -0.3 is 0 Å². The fraction of sp³-hybridized carbons (Fsp3) is 0. The van der Waals surface area contributed by atoms with E-state index in [9.17, 15) is 30.7 Å². The molecule has 1 radical (unpaired) electrons. The van der Waals surface area contributed by atoms with Gasteiger partial charge in [-0.2, -0.15) is 8.78 Å². The summed E-state index contributed by atoms with van der Waals surface area (Å²) in [5.74, 6) is -11.4. The first kappa shape index (κ1) is 11.5. The van der Waals surface area contributed by atoms with Crippen molar-refractivity contribution in [2.45, 2.75) is 0 Å². The highest BCUT2D eigenvalue weighted by molar-refractivity contribution is 5.60. The van der Waals surface area contributed by atoms with Crippen molar-refractivity contribution in [2.24, 2.45) is 0 Å². The molecule has 0 nitrogen and oxygen atoms in total. The van der Waals surface area contributed by atoms with Gasteiger partial charge in [0.1, 0.15) is 0 Å². The number of hydrogen-bond acceptors (Lipinski definition) is 0. The standard InChI is InChI=1S/C8F7/c9-2-1-3(10)6(12)4(5(2)11)7(13)8(14)15. The third-order valence-electron chi connectivity index (χ3n) is 1.43. The van der Waals surface area contributed by atoms with Crippen LogP contribution in [-0.4, -0.2) is 0 Å². The van der Waals surface area contributed by atoms with Crippen LogP contribution in [0.25, 0.3) is 5.83 Å². The van der Waals surface area contributed by atoms with E-state index in [1.165, 1.54) is 0 Å². The van der Waals surface area contributed by atoms with Gasteiger partial charge >= 0.3 is 6.08 Å². The van der Waals surface area contributed by atoms with Crippen LogP contribution in [0.15, 0.2) is 6.08 Å². The molecule has 0 aliphatic heterocycles. The molecule has 0 unspecified atom stereocenters. The summed E-state index contributed by atoms with van der Waals surface area (Å²) >= 11 is 0. The fourth-order valence-corrected chi connectivity index (χ4v) is 0.809. The van der Waals surface area contributed by atoms with Gasteiger partial charge in [0, 0.05) is 0 Å². The molecule has 7 heteroatoms. The monoisotopic (exact) mass is 229 g/mol. The lowest BCUT2D eigenvalue weighted by Gasteiger charge is -2.03. The van der Waals surface area contributed by atoms with E-state index < -0.39 is 40.7 Å².